The first-order valence-electron chi connectivity index (χ1n) is 7.50. The van der Waals surface area contributed by atoms with Crippen molar-refractivity contribution in [2.45, 2.75) is 40.4 Å². The molecule has 0 aliphatic rings. The molecule has 1 N–H and O–H groups in total. The van der Waals surface area contributed by atoms with Crippen molar-refractivity contribution in [2.75, 3.05) is 13.6 Å². The van der Waals surface area contributed by atoms with Crippen molar-refractivity contribution in [3.05, 3.63) is 52.7 Å². The number of aromatic nitrogens is 1. The number of hydrogen-bond acceptors (Lipinski definition) is 4. The highest BCUT2D eigenvalue weighted by molar-refractivity contribution is 5.20. The van der Waals surface area contributed by atoms with Crippen molar-refractivity contribution >= 4 is 0 Å². The molecule has 0 fully saturated rings. The van der Waals surface area contributed by atoms with Crippen LogP contribution in [-0.2, 0) is 19.6 Å². The SMILES string of the molecule is CCN(Cc1cccc(C)n1)Cc1cc(C)c(CNC)o1. The Morgan fingerprint density at radius 1 is 1.24 bits per heavy atom. The van der Waals surface area contributed by atoms with Crippen LogP contribution >= 0.6 is 0 Å². The van der Waals surface area contributed by atoms with Gasteiger partial charge in [-0.1, -0.05) is 13.0 Å². The standard InChI is InChI=1S/C17H25N3O/c1-5-20(11-15-8-6-7-14(3)19-15)12-16-9-13(2)17(21-16)10-18-4/h6-9,18H,5,10-12H2,1-4H3. The zero-order valence-corrected chi connectivity index (χ0v) is 13.4. The second kappa shape index (κ2) is 7.38. The first kappa shape index (κ1) is 15.7. The monoisotopic (exact) mass is 287 g/mol. The fraction of sp³-hybridized carbons (Fsp3) is 0.471. The zero-order valence-electron chi connectivity index (χ0n) is 13.4. The lowest BCUT2D eigenvalue weighted by atomic mass is 10.2. The van der Waals surface area contributed by atoms with E-state index in [4.69, 9.17) is 4.42 Å². The van der Waals surface area contributed by atoms with Gasteiger partial charge in [-0.25, -0.2) is 0 Å². The predicted octanol–water partition coefficient (Wildman–Crippen LogP) is 3.03. The normalized spacial score (nSPS) is 11.3. The molecule has 0 aliphatic carbocycles. The molecule has 0 amide bonds. The highest BCUT2D eigenvalue weighted by atomic mass is 16.3. The van der Waals surface area contributed by atoms with Crippen molar-refractivity contribution in [1.29, 1.82) is 0 Å². The van der Waals surface area contributed by atoms with Gasteiger partial charge in [-0.3, -0.25) is 9.88 Å². The number of nitrogens with zero attached hydrogens (tertiary/aromatic N) is 2. The molecule has 0 radical (unpaired) electrons. The predicted molar refractivity (Wildman–Crippen MR) is 85.0 cm³/mol. The molecule has 0 saturated carbocycles. The lowest BCUT2D eigenvalue weighted by molar-refractivity contribution is 0.242. The average molecular weight is 287 g/mol. The molecular weight excluding hydrogens is 262 g/mol. The van der Waals surface area contributed by atoms with Gasteiger partial charge in [0.15, 0.2) is 0 Å². The summed E-state index contributed by atoms with van der Waals surface area (Å²) in [4.78, 5) is 6.91. The summed E-state index contributed by atoms with van der Waals surface area (Å²) in [6.45, 7) is 9.70. The van der Waals surface area contributed by atoms with Crippen LogP contribution in [0.4, 0.5) is 0 Å². The van der Waals surface area contributed by atoms with Crippen LogP contribution in [0.25, 0.3) is 0 Å². The number of hydrogen-bond donors (Lipinski definition) is 1. The van der Waals surface area contributed by atoms with Crippen LogP contribution in [0.2, 0.25) is 0 Å². The molecule has 4 nitrogen and oxygen atoms in total. The van der Waals surface area contributed by atoms with Crippen LogP contribution in [0.5, 0.6) is 0 Å². The summed E-state index contributed by atoms with van der Waals surface area (Å²) >= 11 is 0. The summed E-state index contributed by atoms with van der Waals surface area (Å²) in [6.07, 6.45) is 0. The van der Waals surface area contributed by atoms with Crippen molar-refractivity contribution in [2.24, 2.45) is 0 Å². The van der Waals surface area contributed by atoms with E-state index in [1.165, 1.54) is 5.56 Å². The topological polar surface area (TPSA) is 41.3 Å². The molecule has 4 heteroatoms. The third-order valence-corrected chi connectivity index (χ3v) is 3.57. The van der Waals surface area contributed by atoms with Crippen LogP contribution in [0.15, 0.2) is 28.7 Å². The Kier molecular flexibility index (Phi) is 5.53. The second-order valence-corrected chi connectivity index (χ2v) is 5.42. The summed E-state index contributed by atoms with van der Waals surface area (Å²) in [6, 6.07) is 8.31. The lowest BCUT2D eigenvalue weighted by Crippen LogP contribution is -2.22. The highest BCUT2D eigenvalue weighted by Crippen LogP contribution is 2.17. The van der Waals surface area contributed by atoms with Crippen LogP contribution in [0, 0.1) is 13.8 Å². The molecule has 0 saturated heterocycles. The van der Waals surface area contributed by atoms with E-state index in [1.54, 1.807) is 0 Å². The Balaban J connectivity index is 2.03. The Labute approximate surface area is 127 Å². The van der Waals surface area contributed by atoms with Gasteiger partial charge in [-0.2, -0.15) is 0 Å². The van der Waals surface area contributed by atoms with Crippen molar-refractivity contribution in [3.8, 4) is 0 Å². The Morgan fingerprint density at radius 2 is 2.05 bits per heavy atom. The molecule has 2 heterocycles. The van der Waals surface area contributed by atoms with Crippen LogP contribution in [0.3, 0.4) is 0 Å². The molecule has 2 aromatic rings. The quantitative estimate of drug-likeness (QED) is 0.850. The molecule has 0 spiro atoms. The van der Waals surface area contributed by atoms with E-state index in [1.807, 2.05) is 20.0 Å². The van der Waals surface area contributed by atoms with Gasteiger partial charge in [-0.15, -0.1) is 0 Å². The fourth-order valence-corrected chi connectivity index (χ4v) is 2.42. The van der Waals surface area contributed by atoms with E-state index in [0.717, 1.165) is 49.1 Å². The Morgan fingerprint density at radius 3 is 2.71 bits per heavy atom. The maximum absolute atomic E-state index is 5.92. The smallest absolute Gasteiger partial charge is 0.120 e. The van der Waals surface area contributed by atoms with Crippen LogP contribution in [0.1, 0.15) is 35.4 Å². The summed E-state index contributed by atoms with van der Waals surface area (Å²) in [5.74, 6) is 2.05. The third kappa shape index (κ3) is 4.41. The molecule has 0 bridgehead atoms. The lowest BCUT2D eigenvalue weighted by Gasteiger charge is -2.18. The molecule has 0 aromatic carbocycles. The number of nitrogens with one attached hydrogen (secondary N) is 1. The molecule has 114 valence electrons. The number of pyridine rings is 1. The van der Waals surface area contributed by atoms with Gasteiger partial charge in [-0.05, 0) is 51.2 Å². The van der Waals surface area contributed by atoms with Gasteiger partial charge < -0.3 is 9.73 Å². The minimum atomic E-state index is 0.775. The largest absolute Gasteiger partial charge is 0.463 e. The Hall–Kier alpha value is -1.65. The van der Waals surface area contributed by atoms with E-state index < -0.39 is 0 Å². The number of furan rings is 1. The minimum Gasteiger partial charge on any atom is -0.463 e. The molecule has 21 heavy (non-hydrogen) atoms. The fourth-order valence-electron chi connectivity index (χ4n) is 2.42. The third-order valence-electron chi connectivity index (χ3n) is 3.57. The van der Waals surface area contributed by atoms with E-state index in [-0.39, 0.29) is 0 Å². The molecule has 0 atom stereocenters. The summed E-state index contributed by atoms with van der Waals surface area (Å²) in [5, 5.41) is 3.13. The summed E-state index contributed by atoms with van der Waals surface area (Å²) < 4.78 is 5.92. The van der Waals surface area contributed by atoms with Crippen molar-refractivity contribution in [3.63, 3.8) is 0 Å². The van der Waals surface area contributed by atoms with Crippen LogP contribution in [-0.4, -0.2) is 23.5 Å². The van der Waals surface area contributed by atoms with Gasteiger partial charge in [0, 0.05) is 12.2 Å². The van der Waals surface area contributed by atoms with E-state index in [9.17, 15) is 0 Å². The van der Waals surface area contributed by atoms with Crippen LogP contribution < -0.4 is 5.32 Å². The summed E-state index contributed by atoms with van der Waals surface area (Å²) in [5.41, 5.74) is 3.38. The van der Waals surface area contributed by atoms with Gasteiger partial charge in [0.25, 0.3) is 0 Å². The van der Waals surface area contributed by atoms with Gasteiger partial charge >= 0.3 is 0 Å². The molecular formula is C17H25N3O. The number of rotatable bonds is 7. The van der Waals surface area contributed by atoms with E-state index in [0.29, 0.717) is 0 Å². The van der Waals surface area contributed by atoms with E-state index in [2.05, 4.69) is 47.2 Å². The van der Waals surface area contributed by atoms with Gasteiger partial charge in [0.2, 0.25) is 0 Å². The summed E-state index contributed by atoms with van der Waals surface area (Å²) in [7, 11) is 1.93. The van der Waals surface area contributed by atoms with E-state index >= 15 is 0 Å². The zero-order chi connectivity index (χ0) is 15.2. The molecule has 0 unspecified atom stereocenters. The molecule has 2 aromatic heterocycles. The second-order valence-electron chi connectivity index (χ2n) is 5.42. The van der Waals surface area contributed by atoms with Crippen molar-refractivity contribution in [1.82, 2.24) is 15.2 Å². The van der Waals surface area contributed by atoms with Gasteiger partial charge in [0.1, 0.15) is 11.5 Å². The van der Waals surface area contributed by atoms with Crippen molar-refractivity contribution < 1.29 is 4.42 Å². The molecule has 2 rings (SSSR count). The first-order valence-corrected chi connectivity index (χ1v) is 7.50. The van der Waals surface area contributed by atoms with Gasteiger partial charge in [0.05, 0.1) is 18.8 Å². The molecule has 0 aliphatic heterocycles. The minimum absolute atomic E-state index is 0.775. The Bertz CT molecular complexity index is 577. The first-order chi connectivity index (χ1) is 10.1. The number of aryl methyl sites for hydroxylation is 2. The highest BCUT2D eigenvalue weighted by Gasteiger charge is 2.11. The maximum Gasteiger partial charge on any atom is 0.120 e. The average Bonchev–Trinajstić information content (AvgIpc) is 2.79. The maximum atomic E-state index is 5.92.